The van der Waals surface area contributed by atoms with Crippen LogP contribution in [0.1, 0.15) is 81.8 Å². The number of fused-ring (bicyclic) bond motifs is 5. The van der Waals surface area contributed by atoms with E-state index < -0.39 is 0 Å². The van der Waals surface area contributed by atoms with Crippen molar-refractivity contribution in [3.63, 3.8) is 0 Å². The number of allylic oxidation sites excluding steroid dienone is 1. The van der Waals surface area contributed by atoms with E-state index in [4.69, 9.17) is 18.9 Å². The van der Waals surface area contributed by atoms with Crippen molar-refractivity contribution in [1.82, 2.24) is 0 Å². The molecule has 3 fully saturated rings. The lowest BCUT2D eigenvalue weighted by Crippen LogP contribution is -2.46. The highest BCUT2D eigenvalue weighted by Crippen LogP contribution is 2.59. The topological polar surface area (TPSA) is 36.9 Å². The lowest BCUT2D eigenvalue weighted by molar-refractivity contribution is -0.205. The first-order valence-electron chi connectivity index (χ1n) is 13.1. The van der Waals surface area contributed by atoms with E-state index >= 15 is 0 Å². The smallest absolute Gasteiger partial charge is 0.199 e. The molecular formula is C28H38O4. The maximum atomic E-state index is 6.52. The van der Waals surface area contributed by atoms with Crippen LogP contribution in [0, 0.1) is 17.3 Å². The summed E-state index contributed by atoms with van der Waals surface area (Å²) in [5.41, 5.74) is 3.27. The summed E-state index contributed by atoms with van der Waals surface area (Å²) in [6.45, 7) is 4.14. The quantitative estimate of drug-likeness (QED) is 0.530. The third-order valence-electron chi connectivity index (χ3n) is 8.98. The van der Waals surface area contributed by atoms with Crippen LogP contribution in [0.5, 0.6) is 5.75 Å². The van der Waals surface area contributed by atoms with Crippen molar-refractivity contribution in [2.24, 2.45) is 17.3 Å². The Morgan fingerprint density at radius 3 is 2.50 bits per heavy atom. The normalized spacial score (nSPS) is 40.9. The molecule has 2 aliphatic heterocycles. The predicted molar refractivity (Wildman–Crippen MR) is 124 cm³/mol. The van der Waals surface area contributed by atoms with Crippen molar-refractivity contribution in [2.45, 2.75) is 95.7 Å². The molecule has 0 bridgehead atoms. The van der Waals surface area contributed by atoms with Crippen LogP contribution in [0.4, 0.5) is 0 Å². The van der Waals surface area contributed by atoms with Crippen LogP contribution in [0.25, 0.3) is 0 Å². The number of rotatable bonds is 4. The number of aryl methyl sites for hydroxylation is 1. The molecule has 2 saturated heterocycles. The summed E-state index contributed by atoms with van der Waals surface area (Å²) in [6.07, 6.45) is 16.7. The van der Waals surface area contributed by atoms with Gasteiger partial charge in [-0.3, -0.25) is 0 Å². The largest absolute Gasteiger partial charge is 0.465 e. The van der Waals surface area contributed by atoms with Crippen LogP contribution in [0.3, 0.4) is 0 Å². The molecule has 6 unspecified atom stereocenters. The number of benzene rings is 1. The Kier molecular flexibility index (Phi) is 5.81. The molecule has 1 aromatic rings. The molecule has 32 heavy (non-hydrogen) atoms. The van der Waals surface area contributed by atoms with Gasteiger partial charge in [-0.25, -0.2) is 0 Å². The zero-order valence-electron chi connectivity index (χ0n) is 19.5. The first-order chi connectivity index (χ1) is 15.7. The minimum Gasteiger partial charge on any atom is -0.465 e. The second-order valence-corrected chi connectivity index (χ2v) is 10.9. The average Bonchev–Trinajstić information content (AvgIpc) is 3.16. The lowest BCUT2D eigenvalue weighted by atomic mass is 9.55. The van der Waals surface area contributed by atoms with Gasteiger partial charge in [-0.15, -0.1) is 0 Å². The Balaban J connectivity index is 1.16. The van der Waals surface area contributed by atoms with Crippen molar-refractivity contribution in [3.05, 3.63) is 41.5 Å². The molecule has 1 saturated carbocycles. The standard InChI is InChI=1S/C28H38O4/c1-28-15-14-22-21-11-9-20(31-26-6-2-4-16-29-26)18-19(21)8-10-23(22)24(28)12-13-25(28)32-27-7-3-5-17-30-27/h9,11-13,18,22-27H,2-8,10,14-17H2,1H3/t22?,23?,24?,25?,26?,27?,28-/m0/s1. The Bertz CT molecular complexity index is 838. The Morgan fingerprint density at radius 2 is 1.72 bits per heavy atom. The van der Waals surface area contributed by atoms with Gasteiger partial charge in [0.15, 0.2) is 12.6 Å². The van der Waals surface area contributed by atoms with Crippen molar-refractivity contribution in [2.75, 3.05) is 13.2 Å². The molecule has 4 heteroatoms. The maximum Gasteiger partial charge on any atom is 0.199 e. The Morgan fingerprint density at radius 1 is 0.906 bits per heavy atom. The fourth-order valence-corrected chi connectivity index (χ4v) is 7.18. The van der Waals surface area contributed by atoms with Gasteiger partial charge in [0.2, 0.25) is 0 Å². The van der Waals surface area contributed by atoms with Gasteiger partial charge < -0.3 is 18.9 Å². The molecule has 174 valence electrons. The maximum absolute atomic E-state index is 6.52. The van der Waals surface area contributed by atoms with E-state index in [1.165, 1.54) is 44.1 Å². The van der Waals surface area contributed by atoms with Crippen LogP contribution in [-0.2, 0) is 20.6 Å². The summed E-state index contributed by atoms with van der Waals surface area (Å²) in [5, 5.41) is 0. The predicted octanol–water partition coefficient (Wildman–Crippen LogP) is 6.14. The lowest BCUT2D eigenvalue weighted by Gasteiger charge is -2.51. The van der Waals surface area contributed by atoms with Crippen molar-refractivity contribution in [3.8, 4) is 5.75 Å². The van der Waals surface area contributed by atoms with E-state index in [9.17, 15) is 0 Å². The molecule has 4 nitrogen and oxygen atoms in total. The van der Waals surface area contributed by atoms with E-state index in [-0.39, 0.29) is 24.1 Å². The van der Waals surface area contributed by atoms with E-state index in [0.717, 1.165) is 44.6 Å². The Hall–Kier alpha value is -1.36. The van der Waals surface area contributed by atoms with Gasteiger partial charge in [-0.1, -0.05) is 25.1 Å². The highest BCUT2D eigenvalue weighted by molar-refractivity contribution is 5.41. The van der Waals surface area contributed by atoms with Gasteiger partial charge in [0.1, 0.15) is 5.75 Å². The Labute approximate surface area is 192 Å². The van der Waals surface area contributed by atoms with E-state index in [1.54, 1.807) is 5.56 Å². The molecule has 1 aromatic carbocycles. The van der Waals surface area contributed by atoms with Crippen molar-refractivity contribution < 1.29 is 18.9 Å². The van der Waals surface area contributed by atoms with Crippen LogP contribution in [-0.4, -0.2) is 31.9 Å². The van der Waals surface area contributed by atoms with Gasteiger partial charge in [0, 0.05) is 18.4 Å². The highest BCUT2D eigenvalue weighted by Gasteiger charge is 2.53. The first kappa shape index (κ1) is 21.2. The summed E-state index contributed by atoms with van der Waals surface area (Å²) in [5.74, 6) is 2.96. The van der Waals surface area contributed by atoms with Gasteiger partial charge in [-0.2, -0.15) is 0 Å². The fourth-order valence-electron chi connectivity index (χ4n) is 7.18. The van der Waals surface area contributed by atoms with E-state index in [2.05, 4.69) is 37.3 Å². The molecule has 6 rings (SSSR count). The van der Waals surface area contributed by atoms with E-state index in [1.807, 2.05) is 0 Å². The highest BCUT2D eigenvalue weighted by atomic mass is 16.7. The van der Waals surface area contributed by atoms with Crippen LogP contribution in [0.15, 0.2) is 30.4 Å². The second kappa shape index (κ2) is 8.77. The van der Waals surface area contributed by atoms with Crippen LogP contribution >= 0.6 is 0 Å². The molecule has 0 spiro atoms. The second-order valence-electron chi connectivity index (χ2n) is 10.9. The van der Waals surface area contributed by atoms with Crippen LogP contribution < -0.4 is 4.74 Å². The minimum atomic E-state index is -0.0674. The number of hydrogen-bond acceptors (Lipinski definition) is 4. The molecule has 0 radical (unpaired) electrons. The zero-order chi connectivity index (χ0) is 21.5. The number of hydrogen-bond donors (Lipinski definition) is 0. The third-order valence-corrected chi connectivity index (χ3v) is 8.98. The number of ether oxygens (including phenoxy) is 4. The van der Waals surface area contributed by atoms with Crippen molar-refractivity contribution >= 4 is 0 Å². The zero-order valence-corrected chi connectivity index (χ0v) is 19.5. The first-order valence-corrected chi connectivity index (χ1v) is 13.1. The van der Waals surface area contributed by atoms with Gasteiger partial charge in [-0.05, 0) is 98.8 Å². The molecule has 0 aromatic heterocycles. The molecule has 0 N–H and O–H groups in total. The molecule has 0 amide bonds. The fraction of sp³-hybridized carbons (Fsp3) is 0.714. The van der Waals surface area contributed by atoms with Gasteiger partial charge >= 0.3 is 0 Å². The summed E-state index contributed by atoms with van der Waals surface area (Å²) < 4.78 is 24.4. The molecule has 7 atom stereocenters. The molecular weight excluding hydrogens is 400 g/mol. The summed E-state index contributed by atoms with van der Waals surface area (Å²) in [6, 6.07) is 6.84. The van der Waals surface area contributed by atoms with Gasteiger partial charge in [0.25, 0.3) is 0 Å². The summed E-state index contributed by atoms with van der Waals surface area (Å²) in [7, 11) is 0. The summed E-state index contributed by atoms with van der Waals surface area (Å²) >= 11 is 0. The monoisotopic (exact) mass is 438 g/mol. The molecule has 2 heterocycles. The third kappa shape index (κ3) is 3.82. The average molecular weight is 439 g/mol. The van der Waals surface area contributed by atoms with E-state index in [0.29, 0.717) is 17.8 Å². The van der Waals surface area contributed by atoms with Gasteiger partial charge in [0.05, 0.1) is 12.7 Å². The molecule has 5 aliphatic rings. The summed E-state index contributed by atoms with van der Waals surface area (Å²) in [4.78, 5) is 0. The molecule has 3 aliphatic carbocycles. The van der Waals surface area contributed by atoms with Crippen LogP contribution in [0.2, 0.25) is 0 Å². The SMILES string of the molecule is C[C@]12CCC3c4ccc(OC5CCCCO5)cc4CCC3C1C=CC2OC1CCCCO1. The van der Waals surface area contributed by atoms with Crippen molar-refractivity contribution in [1.29, 1.82) is 0 Å². The minimum absolute atomic E-state index is 0.00894.